The first-order chi connectivity index (χ1) is 6.83. The Morgan fingerprint density at radius 2 is 2.13 bits per heavy atom. The molecule has 1 aliphatic heterocycles. The van der Waals surface area contributed by atoms with Crippen molar-refractivity contribution >= 4 is 5.91 Å². The Morgan fingerprint density at radius 1 is 1.47 bits per heavy atom. The molecule has 1 heterocycles. The Labute approximate surface area is 93.0 Å². The van der Waals surface area contributed by atoms with E-state index < -0.39 is 0 Å². The highest BCUT2D eigenvalue weighted by Crippen LogP contribution is 2.20. The van der Waals surface area contributed by atoms with E-state index in [1.807, 2.05) is 6.92 Å². The fourth-order valence-corrected chi connectivity index (χ4v) is 1.83. The Hall–Kier alpha value is -0.570. The highest BCUT2D eigenvalue weighted by atomic mass is 16.2. The maximum atomic E-state index is 11.9. The van der Waals surface area contributed by atoms with Crippen LogP contribution in [0.4, 0.5) is 0 Å². The molecule has 3 heteroatoms. The van der Waals surface area contributed by atoms with Gasteiger partial charge < -0.3 is 10.6 Å². The third kappa shape index (κ3) is 3.82. The number of amides is 1. The molecule has 0 radical (unpaired) electrons. The zero-order chi connectivity index (χ0) is 11.5. The molecule has 0 aromatic carbocycles. The number of hydrogen-bond acceptors (Lipinski definition) is 2. The molecule has 0 spiro atoms. The second kappa shape index (κ2) is 4.52. The monoisotopic (exact) mass is 212 g/mol. The number of carbonyl (C=O) groups excluding carboxylic acids is 1. The van der Waals surface area contributed by atoms with Crippen LogP contribution in [0.2, 0.25) is 0 Å². The van der Waals surface area contributed by atoms with Gasteiger partial charge in [-0.15, -0.1) is 0 Å². The summed E-state index contributed by atoms with van der Waals surface area (Å²) in [7, 11) is 0. The van der Waals surface area contributed by atoms with Crippen molar-refractivity contribution in [3.8, 4) is 0 Å². The molecule has 1 aliphatic rings. The summed E-state index contributed by atoms with van der Waals surface area (Å²) in [5.74, 6) is 0.157. The summed E-state index contributed by atoms with van der Waals surface area (Å²) >= 11 is 0. The molecule has 1 rings (SSSR count). The summed E-state index contributed by atoms with van der Waals surface area (Å²) in [5.41, 5.74) is -0.0326. The van der Waals surface area contributed by atoms with Crippen molar-refractivity contribution in [2.24, 2.45) is 5.41 Å². The van der Waals surface area contributed by atoms with Gasteiger partial charge in [0.1, 0.15) is 0 Å². The fraction of sp³-hybridized carbons (Fsp3) is 0.917. The molecular formula is C12H24N2O. The Morgan fingerprint density at radius 3 is 2.60 bits per heavy atom. The number of rotatable bonds is 3. The van der Waals surface area contributed by atoms with Gasteiger partial charge in [0.15, 0.2) is 0 Å². The van der Waals surface area contributed by atoms with Crippen LogP contribution in [0.1, 0.15) is 47.0 Å². The van der Waals surface area contributed by atoms with Crippen LogP contribution < -0.4 is 10.6 Å². The minimum atomic E-state index is -0.322. The van der Waals surface area contributed by atoms with Gasteiger partial charge in [-0.05, 0) is 38.1 Å². The maximum Gasteiger partial charge on any atom is 0.240 e. The Balaban J connectivity index is 2.30. The van der Waals surface area contributed by atoms with E-state index in [0.717, 1.165) is 32.4 Å². The lowest BCUT2D eigenvalue weighted by Gasteiger charge is -2.24. The third-order valence-corrected chi connectivity index (χ3v) is 3.03. The normalized spacial score (nSPS) is 26.7. The second-order valence-electron chi connectivity index (χ2n) is 5.93. The SMILES string of the molecule is CC(C)(C)CCNC(=O)C1(C)CCCN1. The van der Waals surface area contributed by atoms with E-state index in [4.69, 9.17) is 0 Å². The average Bonchev–Trinajstić information content (AvgIpc) is 2.51. The van der Waals surface area contributed by atoms with E-state index in [9.17, 15) is 4.79 Å². The molecule has 88 valence electrons. The molecule has 15 heavy (non-hydrogen) atoms. The molecule has 1 unspecified atom stereocenters. The zero-order valence-electron chi connectivity index (χ0n) is 10.4. The molecule has 0 aromatic rings. The Bertz CT molecular complexity index is 224. The molecular weight excluding hydrogens is 188 g/mol. The summed E-state index contributed by atoms with van der Waals surface area (Å²) in [5, 5.41) is 6.29. The van der Waals surface area contributed by atoms with Gasteiger partial charge in [0, 0.05) is 6.54 Å². The van der Waals surface area contributed by atoms with Crippen LogP contribution in [0.3, 0.4) is 0 Å². The van der Waals surface area contributed by atoms with E-state index in [2.05, 4.69) is 31.4 Å². The lowest BCUT2D eigenvalue weighted by molar-refractivity contribution is -0.126. The lowest BCUT2D eigenvalue weighted by Crippen LogP contribution is -2.51. The van der Waals surface area contributed by atoms with E-state index in [1.165, 1.54) is 0 Å². The quantitative estimate of drug-likeness (QED) is 0.747. The topological polar surface area (TPSA) is 41.1 Å². The van der Waals surface area contributed by atoms with E-state index in [0.29, 0.717) is 0 Å². The maximum absolute atomic E-state index is 11.9. The predicted molar refractivity (Wildman–Crippen MR) is 62.7 cm³/mol. The number of carbonyl (C=O) groups is 1. The number of nitrogens with one attached hydrogen (secondary N) is 2. The first-order valence-electron chi connectivity index (χ1n) is 5.87. The summed E-state index contributed by atoms with van der Waals surface area (Å²) < 4.78 is 0. The average molecular weight is 212 g/mol. The second-order valence-corrected chi connectivity index (χ2v) is 5.93. The molecule has 0 aliphatic carbocycles. The third-order valence-electron chi connectivity index (χ3n) is 3.03. The summed E-state index contributed by atoms with van der Waals surface area (Å²) in [6.45, 7) is 10.3. The van der Waals surface area contributed by atoms with Crippen LogP contribution in [0, 0.1) is 5.41 Å². The van der Waals surface area contributed by atoms with Gasteiger partial charge in [-0.2, -0.15) is 0 Å². The molecule has 2 N–H and O–H groups in total. The summed E-state index contributed by atoms with van der Waals surface area (Å²) in [6, 6.07) is 0. The van der Waals surface area contributed by atoms with Crippen molar-refractivity contribution in [3.05, 3.63) is 0 Å². The van der Waals surface area contributed by atoms with Crippen molar-refractivity contribution in [2.75, 3.05) is 13.1 Å². The fourth-order valence-electron chi connectivity index (χ4n) is 1.83. The Kier molecular flexibility index (Phi) is 3.77. The smallest absolute Gasteiger partial charge is 0.240 e. The minimum absolute atomic E-state index is 0.157. The van der Waals surface area contributed by atoms with Crippen LogP contribution in [0.5, 0.6) is 0 Å². The van der Waals surface area contributed by atoms with Gasteiger partial charge in [-0.1, -0.05) is 20.8 Å². The summed E-state index contributed by atoms with van der Waals surface area (Å²) in [6.07, 6.45) is 3.08. The molecule has 3 nitrogen and oxygen atoms in total. The van der Waals surface area contributed by atoms with Crippen molar-refractivity contribution in [3.63, 3.8) is 0 Å². The van der Waals surface area contributed by atoms with Crippen LogP contribution in [0.25, 0.3) is 0 Å². The molecule has 1 saturated heterocycles. The predicted octanol–water partition coefficient (Wildman–Crippen LogP) is 1.68. The molecule has 1 amide bonds. The van der Waals surface area contributed by atoms with Crippen LogP contribution >= 0.6 is 0 Å². The van der Waals surface area contributed by atoms with E-state index >= 15 is 0 Å². The molecule has 1 fully saturated rings. The van der Waals surface area contributed by atoms with Crippen molar-refractivity contribution in [1.29, 1.82) is 0 Å². The van der Waals surface area contributed by atoms with Gasteiger partial charge in [0.05, 0.1) is 5.54 Å². The van der Waals surface area contributed by atoms with Crippen molar-refractivity contribution < 1.29 is 4.79 Å². The van der Waals surface area contributed by atoms with E-state index in [-0.39, 0.29) is 16.9 Å². The van der Waals surface area contributed by atoms with E-state index in [1.54, 1.807) is 0 Å². The first-order valence-corrected chi connectivity index (χ1v) is 5.87. The zero-order valence-corrected chi connectivity index (χ0v) is 10.4. The highest BCUT2D eigenvalue weighted by molar-refractivity contribution is 5.86. The van der Waals surface area contributed by atoms with Gasteiger partial charge in [-0.3, -0.25) is 4.79 Å². The minimum Gasteiger partial charge on any atom is -0.354 e. The molecule has 0 aromatic heterocycles. The van der Waals surface area contributed by atoms with Gasteiger partial charge >= 0.3 is 0 Å². The summed E-state index contributed by atoms with van der Waals surface area (Å²) in [4.78, 5) is 11.9. The lowest BCUT2D eigenvalue weighted by atomic mass is 9.92. The van der Waals surface area contributed by atoms with Crippen LogP contribution in [0.15, 0.2) is 0 Å². The first kappa shape index (κ1) is 12.5. The largest absolute Gasteiger partial charge is 0.354 e. The van der Waals surface area contributed by atoms with Gasteiger partial charge in [0.2, 0.25) is 5.91 Å². The van der Waals surface area contributed by atoms with Gasteiger partial charge in [0.25, 0.3) is 0 Å². The van der Waals surface area contributed by atoms with Gasteiger partial charge in [-0.25, -0.2) is 0 Å². The standard InChI is InChI=1S/C12H24N2O/c1-11(2,3)7-9-13-10(15)12(4)6-5-8-14-12/h14H,5-9H2,1-4H3,(H,13,15). The molecule has 1 atom stereocenters. The van der Waals surface area contributed by atoms with Crippen molar-refractivity contribution in [1.82, 2.24) is 10.6 Å². The van der Waals surface area contributed by atoms with Crippen LogP contribution in [-0.4, -0.2) is 24.5 Å². The molecule has 0 saturated carbocycles. The number of hydrogen-bond donors (Lipinski definition) is 2. The van der Waals surface area contributed by atoms with Crippen molar-refractivity contribution in [2.45, 2.75) is 52.5 Å². The van der Waals surface area contributed by atoms with Crippen LogP contribution in [-0.2, 0) is 4.79 Å². The molecule has 0 bridgehead atoms. The highest BCUT2D eigenvalue weighted by Gasteiger charge is 2.35.